The van der Waals surface area contributed by atoms with Gasteiger partial charge in [-0.3, -0.25) is 0 Å². The highest BCUT2D eigenvalue weighted by atomic mass is 16.6. The molecule has 2 N–H and O–H groups in total. The number of aromatic nitrogens is 2. The predicted molar refractivity (Wildman–Crippen MR) is 81.1 cm³/mol. The molecule has 2 heterocycles. The molecule has 0 radical (unpaired) electrons. The predicted octanol–water partition coefficient (Wildman–Crippen LogP) is 1.50. The van der Waals surface area contributed by atoms with E-state index in [9.17, 15) is 4.79 Å². The minimum atomic E-state index is -0.471. The second-order valence-electron chi connectivity index (χ2n) is 6.30. The van der Waals surface area contributed by atoms with Gasteiger partial charge < -0.3 is 20.3 Å². The minimum absolute atomic E-state index is 0.182. The number of nitrogens with zero attached hydrogens (tertiary/aromatic N) is 4. The zero-order valence-electron chi connectivity index (χ0n) is 13.0. The Balaban J connectivity index is 1.95. The molecular formula is C14H23N5O2. The Morgan fingerprint density at radius 1 is 1.43 bits per heavy atom. The van der Waals surface area contributed by atoms with Gasteiger partial charge in [-0.15, -0.1) is 0 Å². The Morgan fingerprint density at radius 2 is 2.05 bits per heavy atom. The number of nitrogens with two attached hydrogens (primary N) is 1. The van der Waals surface area contributed by atoms with Crippen LogP contribution in [0.15, 0.2) is 12.4 Å². The van der Waals surface area contributed by atoms with Crippen molar-refractivity contribution in [1.82, 2.24) is 14.9 Å². The average Bonchev–Trinajstić information content (AvgIpc) is 2.86. The van der Waals surface area contributed by atoms with Crippen LogP contribution in [0.1, 0.15) is 27.2 Å². The second kappa shape index (κ2) is 5.75. The van der Waals surface area contributed by atoms with E-state index >= 15 is 0 Å². The number of nitrogen functional groups attached to an aromatic ring is 1. The number of carbonyl (C=O) groups is 1. The molecule has 0 spiro atoms. The van der Waals surface area contributed by atoms with Gasteiger partial charge in [0.15, 0.2) is 0 Å². The third-order valence-corrected chi connectivity index (χ3v) is 3.34. The van der Waals surface area contributed by atoms with E-state index in [4.69, 9.17) is 10.5 Å². The molecule has 2 rings (SSSR count). The van der Waals surface area contributed by atoms with Crippen molar-refractivity contribution >= 4 is 17.7 Å². The van der Waals surface area contributed by atoms with Crippen LogP contribution in [0, 0.1) is 0 Å². The van der Waals surface area contributed by atoms with Crippen LogP contribution in [0.3, 0.4) is 0 Å². The number of amides is 1. The first-order valence-electron chi connectivity index (χ1n) is 7.04. The van der Waals surface area contributed by atoms with Gasteiger partial charge in [-0.2, -0.15) is 0 Å². The zero-order chi connectivity index (χ0) is 15.6. The van der Waals surface area contributed by atoms with Crippen LogP contribution in [-0.2, 0) is 4.74 Å². The SMILES string of the molecule is CN(c1ncc(N)cn1)[C@H]1CCN(C(=O)OC(C)(C)C)C1. The fourth-order valence-electron chi connectivity index (χ4n) is 2.23. The van der Waals surface area contributed by atoms with Gasteiger partial charge in [0.25, 0.3) is 0 Å². The van der Waals surface area contributed by atoms with E-state index in [0.717, 1.165) is 6.42 Å². The van der Waals surface area contributed by atoms with Crippen LogP contribution in [-0.4, -0.2) is 52.7 Å². The second-order valence-corrected chi connectivity index (χ2v) is 6.30. The fourth-order valence-corrected chi connectivity index (χ4v) is 2.23. The van der Waals surface area contributed by atoms with Crippen LogP contribution >= 0.6 is 0 Å². The van der Waals surface area contributed by atoms with Crippen molar-refractivity contribution in [3.8, 4) is 0 Å². The molecule has 7 heteroatoms. The molecule has 1 amide bonds. The summed E-state index contributed by atoms with van der Waals surface area (Å²) in [5.41, 5.74) is 5.65. The van der Waals surface area contributed by atoms with E-state index in [1.165, 1.54) is 0 Å². The average molecular weight is 293 g/mol. The summed E-state index contributed by atoms with van der Waals surface area (Å²) in [4.78, 5) is 24.2. The lowest BCUT2D eigenvalue weighted by molar-refractivity contribution is 0.0292. The number of anilines is 2. The van der Waals surface area contributed by atoms with Gasteiger partial charge in [-0.25, -0.2) is 14.8 Å². The third-order valence-electron chi connectivity index (χ3n) is 3.34. The Morgan fingerprint density at radius 3 is 2.62 bits per heavy atom. The van der Waals surface area contributed by atoms with Gasteiger partial charge in [-0.1, -0.05) is 0 Å². The summed E-state index contributed by atoms with van der Waals surface area (Å²) in [6, 6.07) is 0.182. The minimum Gasteiger partial charge on any atom is -0.444 e. The Bertz CT molecular complexity index is 497. The van der Waals surface area contributed by atoms with E-state index in [1.807, 2.05) is 32.7 Å². The van der Waals surface area contributed by atoms with Crippen molar-refractivity contribution in [3.63, 3.8) is 0 Å². The first-order valence-corrected chi connectivity index (χ1v) is 7.04. The lowest BCUT2D eigenvalue weighted by Gasteiger charge is -2.26. The molecule has 0 aliphatic carbocycles. The van der Waals surface area contributed by atoms with E-state index < -0.39 is 5.60 Å². The van der Waals surface area contributed by atoms with Crippen molar-refractivity contribution < 1.29 is 9.53 Å². The fraction of sp³-hybridized carbons (Fsp3) is 0.643. The molecule has 1 aliphatic rings. The van der Waals surface area contributed by atoms with Crippen molar-refractivity contribution in [1.29, 1.82) is 0 Å². The molecule has 1 atom stereocenters. The van der Waals surface area contributed by atoms with E-state index in [2.05, 4.69) is 9.97 Å². The molecule has 1 aliphatic heterocycles. The number of likely N-dealkylation sites (N-methyl/N-ethyl adjacent to an activating group) is 1. The summed E-state index contributed by atoms with van der Waals surface area (Å²) >= 11 is 0. The maximum Gasteiger partial charge on any atom is 0.410 e. The lowest BCUT2D eigenvalue weighted by atomic mass is 10.2. The van der Waals surface area contributed by atoms with Crippen LogP contribution in [0.4, 0.5) is 16.4 Å². The monoisotopic (exact) mass is 293 g/mol. The zero-order valence-corrected chi connectivity index (χ0v) is 13.0. The standard InChI is InChI=1S/C14H23N5O2/c1-14(2,3)21-13(20)19-6-5-11(9-19)18(4)12-16-7-10(15)8-17-12/h7-8,11H,5-6,9,15H2,1-4H3/t11-/m0/s1. The smallest absolute Gasteiger partial charge is 0.410 e. The third kappa shape index (κ3) is 3.96. The Labute approximate surface area is 125 Å². The van der Waals surface area contributed by atoms with E-state index in [-0.39, 0.29) is 12.1 Å². The van der Waals surface area contributed by atoms with Gasteiger partial charge in [0, 0.05) is 20.1 Å². The molecule has 116 valence electrons. The first kappa shape index (κ1) is 15.3. The molecule has 0 bridgehead atoms. The van der Waals surface area contributed by atoms with Crippen LogP contribution < -0.4 is 10.6 Å². The number of hydrogen-bond acceptors (Lipinski definition) is 6. The molecule has 21 heavy (non-hydrogen) atoms. The maximum absolute atomic E-state index is 12.0. The molecule has 1 saturated heterocycles. The highest BCUT2D eigenvalue weighted by molar-refractivity contribution is 5.68. The molecule has 0 unspecified atom stereocenters. The van der Waals surface area contributed by atoms with Crippen molar-refractivity contribution in [2.75, 3.05) is 30.8 Å². The number of carbonyl (C=O) groups excluding carboxylic acids is 1. The van der Waals surface area contributed by atoms with Crippen LogP contribution in [0.25, 0.3) is 0 Å². The summed E-state index contributed by atoms with van der Waals surface area (Å²) in [5, 5.41) is 0. The normalized spacial score (nSPS) is 18.7. The molecule has 1 aromatic heterocycles. The summed E-state index contributed by atoms with van der Waals surface area (Å²) in [6.07, 6.45) is 3.76. The molecule has 7 nitrogen and oxygen atoms in total. The summed E-state index contributed by atoms with van der Waals surface area (Å²) in [7, 11) is 1.93. The van der Waals surface area contributed by atoms with Gasteiger partial charge in [0.05, 0.1) is 24.1 Å². The van der Waals surface area contributed by atoms with Gasteiger partial charge in [0.2, 0.25) is 5.95 Å². The summed E-state index contributed by atoms with van der Waals surface area (Å²) in [6.45, 7) is 6.89. The molecule has 1 aromatic rings. The Hall–Kier alpha value is -2.05. The topological polar surface area (TPSA) is 84.6 Å². The summed E-state index contributed by atoms with van der Waals surface area (Å²) in [5.74, 6) is 0.611. The lowest BCUT2D eigenvalue weighted by Crippen LogP contribution is -2.39. The molecular weight excluding hydrogens is 270 g/mol. The quantitative estimate of drug-likeness (QED) is 0.889. The van der Waals surface area contributed by atoms with Crippen LogP contribution in [0.2, 0.25) is 0 Å². The maximum atomic E-state index is 12.0. The van der Waals surface area contributed by atoms with Crippen molar-refractivity contribution in [2.24, 2.45) is 0 Å². The highest BCUT2D eigenvalue weighted by Crippen LogP contribution is 2.20. The van der Waals surface area contributed by atoms with Crippen molar-refractivity contribution in [2.45, 2.75) is 38.8 Å². The van der Waals surface area contributed by atoms with Crippen molar-refractivity contribution in [3.05, 3.63) is 12.4 Å². The number of rotatable bonds is 2. The molecule has 0 aromatic carbocycles. The largest absolute Gasteiger partial charge is 0.444 e. The highest BCUT2D eigenvalue weighted by Gasteiger charge is 2.32. The number of ether oxygens (including phenoxy) is 1. The molecule has 1 fully saturated rings. The van der Waals surface area contributed by atoms with Gasteiger partial charge >= 0.3 is 6.09 Å². The number of hydrogen-bond donors (Lipinski definition) is 1. The number of likely N-dealkylation sites (tertiary alicyclic amines) is 1. The Kier molecular flexibility index (Phi) is 4.20. The van der Waals surface area contributed by atoms with Gasteiger partial charge in [-0.05, 0) is 27.2 Å². The molecule has 0 saturated carbocycles. The van der Waals surface area contributed by atoms with E-state index in [1.54, 1.807) is 17.3 Å². The summed E-state index contributed by atoms with van der Waals surface area (Å²) < 4.78 is 5.39. The van der Waals surface area contributed by atoms with Crippen LogP contribution in [0.5, 0.6) is 0 Å². The first-order chi connectivity index (χ1) is 9.76. The van der Waals surface area contributed by atoms with E-state index in [0.29, 0.717) is 24.7 Å². The van der Waals surface area contributed by atoms with Gasteiger partial charge in [0.1, 0.15) is 5.60 Å².